The first-order valence-electron chi connectivity index (χ1n) is 6.25. The van der Waals surface area contributed by atoms with Crippen LogP contribution in [0, 0.1) is 5.41 Å². The van der Waals surface area contributed by atoms with Gasteiger partial charge in [0.25, 0.3) is 0 Å². The van der Waals surface area contributed by atoms with E-state index in [0.29, 0.717) is 6.54 Å². The molecule has 3 N–H and O–H groups in total. The van der Waals surface area contributed by atoms with Crippen molar-refractivity contribution in [2.45, 2.75) is 24.7 Å². The van der Waals surface area contributed by atoms with E-state index in [2.05, 4.69) is 9.46 Å². The van der Waals surface area contributed by atoms with Crippen molar-refractivity contribution < 1.29 is 17.9 Å². The van der Waals surface area contributed by atoms with Crippen molar-refractivity contribution in [1.82, 2.24) is 4.72 Å². The highest BCUT2D eigenvalue weighted by molar-refractivity contribution is 7.89. The second-order valence-electron chi connectivity index (χ2n) is 5.38. The molecule has 110 valence electrons. The van der Waals surface area contributed by atoms with Crippen LogP contribution in [0.1, 0.15) is 30.1 Å². The molecule has 0 aliphatic heterocycles. The molecule has 20 heavy (non-hydrogen) atoms. The maximum Gasteiger partial charge on any atom is 0.339 e. The van der Waals surface area contributed by atoms with E-state index in [1.54, 1.807) is 0 Å². The molecule has 1 aliphatic carbocycles. The highest BCUT2D eigenvalue weighted by atomic mass is 32.2. The lowest BCUT2D eigenvalue weighted by molar-refractivity contribution is 0.0596. The summed E-state index contributed by atoms with van der Waals surface area (Å²) in [5.41, 5.74) is 5.90. The lowest BCUT2D eigenvalue weighted by atomic mass is 10.2. The van der Waals surface area contributed by atoms with E-state index in [4.69, 9.17) is 5.73 Å². The second kappa shape index (κ2) is 5.06. The molecule has 0 bridgehead atoms. The first-order valence-corrected chi connectivity index (χ1v) is 7.73. The summed E-state index contributed by atoms with van der Waals surface area (Å²) >= 11 is 0. The van der Waals surface area contributed by atoms with Gasteiger partial charge < -0.3 is 10.5 Å². The van der Waals surface area contributed by atoms with Crippen LogP contribution in [0.25, 0.3) is 0 Å². The second-order valence-corrected chi connectivity index (χ2v) is 7.12. The lowest BCUT2D eigenvalue weighted by Gasteiger charge is -2.13. The fourth-order valence-electron chi connectivity index (χ4n) is 1.78. The average Bonchev–Trinajstić information content (AvgIpc) is 3.14. The Morgan fingerprint density at radius 2 is 2.10 bits per heavy atom. The number of hydrogen-bond acceptors (Lipinski definition) is 5. The van der Waals surface area contributed by atoms with E-state index in [0.717, 1.165) is 12.8 Å². The zero-order valence-electron chi connectivity index (χ0n) is 11.5. The smallest absolute Gasteiger partial charge is 0.339 e. The maximum absolute atomic E-state index is 12.3. The van der Waals surface area contributed by atoms with Crippen molar-refractivity contribution in [3.63, 3.8) is 0 Å². The average molecular weight is 298 g/mol. The number of methoxy groups -OCH3 is 1. The van der Waals surface area contributed by atoms with E-state index >= 15 is 0 Å². The normalized spacial score (nSPS) is 16.7. The molecule has 0 amide bonds. The van der Waals surface area contributed by atoms with Crippen molar-refractivity contribution in [3.8, 4) is 0 Å². The van der Waals surface area contributed by atoms with Gasteiger partial charge in [-0.15, -0.1) is 0 Å². The molecule has 0 unspecified atom stereocenters. The van der Waals surface area contributed by atoms with Gasteiger partial charge in [-0.3, -0.25) is 0 Å². The predicted molar refractivity (Wildman–Crippen MR) is 74.7 cm³/mol. The van der Waals surface area contributed by atoms with Crippen LogP contribution in [0.4, 0.5) is 5.69 Å². The summed E-state index contributed by atoms with van der Waals surface area (Å²) in [4.78, 5) is 11.5. The first-order chi connectivity index (χ1) is 9.27. The van der Waals surface area contributed by atoms with Gasteiger partial charge in [0.15, 0.2) is 0 Å². The number of nitrogens with two attached hydrogens (primary N) is 1. The van der Waals surface area contributed by atoms with Crippen molar-refractivity contribution in [3.05, 3.63) is 23.8 Å². The molecule has 2 rings (SSSR count). The number of benzene rings is 1. The number of esters is 1. The van der Waals surface area contributed by atoms with E-state index in [1.165, 1.54) is 25.3 Å². The Morgan fingerprint density at radius 3 is 2.65 bits per heavy atom. The Morgan fingerprint density at radius 1 is 1.45 bits per heavy atom. The predicted octanol–water partition coefficient (Wildman–Crippen LogP) is 1.13. The van der Waals surface area contributed by atoms with Gasteiger partial charge >= 0.3 is 5.97 Å². The molecule has 1 aliphatic rings. The van der Waals surface area contributed by atoms with E-state index < -0.39 is 16.0 Å². The largest absolute Gasteiger partial charge is 0.465 e. The summed E-state index contributed by atoms with van der Waals surface area (Å²) in [6, 6.07) is 4.09. The monoisotopic (exact) mass is 298 g/mol. The van der Waals surface area contributed by atoms with Crippen molar-refractivity contribution >= 4 is 21.7 Å². The summed E-state index contributed by atoms with van der Waals surface area (Å²) < 4.78 is 31.8. The van der Waals surface area contributed by atoms with Crippen molar-refractivity contribution in [2.24, 2.45) is 5.41 Å². The zero-order chi connectivity index (χ0) is 15.0. The van der Waals surface area contributed by atoms with E-state index in [-0.39, 0.29) is 21.6 Å². The number of nitrogen functional groups attached to an aromatic ring is 1. The van der Waals surface area contributed by atoms with Crippen molar-refractivity contribution in [1.29, 1.82) is 0 Å². The molecule has 0 heterocycles. The Kier molecular flexibility index (Phi) is 3.75. The molecule has 1 aromatic rings. The van der Waals surface area contributed by atoms with Gasteiger partial charge in [-0.1, -0.05) is 6.92 Å². The standard InChI is InChI=1S/C13H18N2O4S/c1-13(5-6-13)8-15-20(17,18)11-7-9(14)3-4-10(11)12(16)19-2/h3-4,7,15H,5-6,8,14H2,1-2H3. The van der Waals surface area contributed by atoms with Crippen LogP contribution >= 0.6 is 0 Å². The van der Waals surface area contributed by atoms with Gasteiger partial charge in [-0.25, -0.2) is 17.9 Å². The number of rotatable bonds is 5. The van der Waals surface area contributed by atoms with Crippen LogP contribution in [0.15, 0.2) is 23.1 Å². The number of ether oxygens (including phenoxy) is 1. The Hall–Kier alpha value is -1.60. The minimum atomic E-state index is -3.79. The molecule has 0 saturated heterocycles. The van der Waals surface area contributed by atoms with Crippen LogP contribution in [0.3, 0.4) is 0 Å². The number of carbonyl (C=O) groups excluding carboxylic acids is 1. The Bertz CT molecular complexity index is 636. The third-order valence-electron chi connectivity index (χ3n) is 3.49. The van der Waals surface area contributed by atoms with Crippen LogP contribution < -0.4 is 10.5 Å². The van der Waals surface area contributed by atoms with Crippen LogP contribution in [0.5, 0.6) is 0 Å². The fourth-order valence-corrected chi connectivity index (χ4v) is 3.20. The van der Waals surface area contributed by atoms with Crippen LogP contribution in [0.2, 0.25) is 0 Å². The van der Waals surface area contributed by atoms with Crippen molar-refractivity contribution in [2.75, 3.05) is 19.4 Å². The summed E-state index contributed by atoms with van der Waals surface area (Å²) in [6.45, 7) is 2.36. The number of nitrogens with one attached hydrogen (secondary N) is 1. The highest BCUT2D eigenvalue weighted by Gasteiger charge is 2.38. The van der Waals surface area contributed by atoms with E-state index in [1.807, 2.05) is 6.92 Å². The quantitative estimate of drug-likeness (QED) is 0.627. The maximum atomic E-state index is 12.3. The highest BCUT2D eigenvalue weighted by Crippen LogP contribution is 2.44. The minimum absolute atomic E-state index is 0.0184. The minimum Gasteiger partial charge on any atom is -0.465 e. The van der Waals surface area contributed by atoms with Crippen LogP contribution in [-0.4, -0.2) is 28.0 Å². The first kappa shape index (κ1) is 14.8. The molecule has 1 aromatic carbocycles. The number of carbonyl (C=O) groups is 1. The number of sulfonamides is 1. The summed E-state index contributed by atoms with van der Waals surface area (Å²) in [6.07, 6.45) is 1.99. The van der Waals surface area contributed by atoms with E-state index in [9.17, 15) is 13.2 Å². The molecule has 0 atom stereocenters. The van der Waals surface area contributed by atoms with Gasteiger partial charge in [-0.2, -0.15) is 0 Å². The van der Waals surface area contributed by atoms with Gasteiger partial charge in [-0.05, 0) is 36.5 Å². The van der Waals surface area contributed by atoms with Gasteiger partial charge in [0.05, 0.1) is 17.6 Å². The SMILES string of the molecule is COC(=O)c1ccc(N)cc1S(=O)(=O)NCC1(C)CC1. The molecular weight excluding hydrogens is 280 g/mol. The van der Waals surface area contributed by atoms with Gasteiger partial charge in [0.1, 0.15) is 0 Å². The molecule has 6 nitrogen and oxygen atoms in total. The molecule has 7 heteroatoms. The molecule has 0 aromatic heterocycles. The molecule has 1 saturated carbocycles. The zero-order valence-corrected chi connectivity index (χ0v) is 12.3. The Balaban J connectivity index is 2.33. The topological polar surface area (TPSA) is 98.5 Å². The molecule has 0 spiro atoms. The number of anilines is 1. The summed E-state index contributed by atoms with van der Waals surface area (Å²) in [5, 5.41) is 0. The molecule has 0 radical (unpaired) electrons. The molecular formula is C13H18N2O4S. The lowest BCUT2D eigenvalue weighted by Crippen LogP contribution is -2.30. The molecule has 1 fully saturated rings. The number of hydrogen-bond donors (Lipinski definition) is 2. The van der Waals surface area contributed by atoms with Crippen LogP contribution in [-0.2, 0) is 14.8 Å². The third-order valence-corrected chi connectivity index (χ3v) is 4.93. The van der Waals surface area contributed by atoms with Gasteiger partial charge in [0.2, 0.25) is 10.0 Å². The third kappa shape index (κ3) is 3.10. The fraction of sp³-hybridized carbons (Fsp3) is 0.462. The Labute approximate surface area is 118 Å². The summed E-state index contributed by atoms with van der Waals surface area (Å²) in [5.74, 6) is -0.706. The van der Waals surface area contributed by atoms with Gasteiger partial charge in [0, 0.05) is 12.2 Å². The summed E-state index contributed by atoms with van der Waals surface area (Å²) in [7, 11) is -2.59.